The van der Waals surface area contributed by atoms with E-state index in [0.717, 1.165) is 6.07 Å². The van der Waals surface area contributed by atoms with Gasteiger partial charge in [-0.05, 0) is 48.0 Å². The Balaban J connectivity index is 1.69. The van der Waals surface area contributed by atoms with Crippen LogP contribution in [0.2, 0.25) is 10.0 Å². The van der Waals surface area contributed by atoms with Crippen molar-refractivity contribution in [2.45, 2.75) is 0 Å². The van der Waals surface area contributed by atoms with Gasteiger partial charge in [0.25, 0.3) is 11.6 Å². The first kappa shape index (κ1) is 23.7. The molecule has 9 nitrogen and oxygen atoms in total. The van der Waals surface area contributed by atoms with Gasteiger partial charge in [0.1, 0.15) is 0 Å². The fourth-order valence-corrected chi connectivity index (χ4v) is 3.14. The number of non-ortho nitro benzene ring substituents is 1. The van der Waals surface area contributed by atoms with E-state index >= 15 is 0 Å². The smallest absolute Gasteiger partial charge is 0.345 e. The van der Waals surface area contributed by atoms with E-state index < -0.39 is 16.8 Å². The molecule has 0 spiro atoms. The van der Waals surface area contributed by atoms with Gasteiger partial charge in [-0.15, -0.1) is 0 Å². The van der Waals surface area contributed by atoms with E-state index in [1.807, 2.05) is 0 Å². The second-order valence-corrected chi connectivity index (χ2v) is 7.27. The number of carbonyl (C=O) groups is 2. The molecule has 0 unspecified atom stereocenters. The molecule has 1 amide bonds. The lowest BCUT2D eigenvalue weighted by molar-refractivity contribution is -0.384. The number of nitrogens with one attached hydrogen (secondary N) is 1. The Bertz CT molecular complexity index is 1260. The molecule has 0 aliphatic carbocycles. The van der Waals surface area contributed by atoms with Crippen molar-refractivity contribution in [2.75, 3.05) is 7.11 Å². The summed E-state index contributed by atoms with van der Waals surface area (Å²) in [6, 6.07) is 14.3. The zero-order chi connectivity index (χ0) is 24.0. The van der Waals surface area contributed by atoms with Gasteiger partial charge >= 0.3 is 5.97 Å². The van der Waals surface area contributed by atoms with Gasteiger partial charge in [0.2, 0.25) is 0 Å². The van der Waals surface area contributed by atoms with Gasteiger partial charge in [-0.3, -0.25) is 14.9 Å². The number of carbonyl (C=O) groups excluding carboxylic acids is 2. The number of methoxy groups -OCH3 is 1. The number of esters is 1. The van der Waals surface area contributed by atoms with Crippen LogP contribution in [0.25, 0.3) is 0 Å². The second-order valence-electron chi connectivity index (χ2n) is 6.43. The summed E-state index contributed by atoms with van der Waals surface area (Å²) >= 11 is 11.9. The third kappa shape index (κ3) is 6.06. The normalized spacial score (nSPS) is 10.6. The summed E-state index contributed by atoms with van der Waals surface area (Å²) in [6.45, 7) is 0. The number of halogens is 2. The van der Waals surface area contributed by atoms with E-state index in [9.17, 15) is 19.7 Å². The summed E-state index contributed by atoms with van der Waals surface area (Å²) in [4.78, 5) is 34.8. The zero-order valence-corrected chi connectivity index (χ0v) is 18.5. The molecule has 0 aliphatic heterocycles. The maximum Gasteiger partial charge on any atom is 0.345 e. The quantitative estimate of drug-likeness (QED) is 0.166. The lowest BCUT2D eigenvalue weighted by atomic mass is 10.2. The van der Waals surface area contributed by atoms with Crippen LogP contribution in [0.1, 0.15) is 26.3 Å². The minimum Gasteiger partial charge on any atom is -0.493 e. The van der Waals surface area contributed by atoms with Gasteiger partial charge in [-0.25, -0.2) is 10.2 Å². The Kier molecular flexibility index (Phi) is 7.60. The molecule has 168 valence electrons. The molecule has 3 aromatic rings. The predicted molar refractivity (Wildman–Crippen MR) is 123 cm³/mol. The van der Waals surface area contributed by atoms with Crippen molar-refractivity contribution in [3.63, 3.8) is 0 Å². The molecule has 0 saturated carbocycles. The topological polar surface area (TPSA) is 120 Å². The highest BCUT2D eigenvalue weighted by Crippen LogP contribution is 2.30. The van der Waals surface area contributed by atoms with Gasteiger partial charge in [0.15, 0.2) is 11.5 Å². The molecule has 0 radical (unpaired) electrons. The van der Waals surface area contributed by atoms with Crippen LogP contribution in [-0.2, 0) is 0 Å². The molecule has 3 rings (SSSR count). The van der Waals surface area contributed by atoms with E-state index in [1.54, 1.807) is 6.07 Å². The van der Waals surface area contributed by atoms with E-state index in [0.29, 0.717) is 10.6 Å². The van der Waals surface area contributed by atoms with Crippen LogP contribution in [0.5, 0.6) is 11.5 Å². The number of ether oxygens (including phenoxy) is 2. The van der Waals surface area contributed by atoms with Crippen LogP contribution in [0.3, 0.4) is 0 Å². The number of nitro groups is 1. The fourth-order valence-electron chi connectivity index (χ4n) is 2.65. The molecule has 0 atom stereocenters. The monoisotopic (exact) mass is 487 g/mol. The Hall–Kier alpha value is -3.95. The average molecular weight is 488 g/mol. The van der Waals surface area contributed by atoms with E-state index in [1.165, 1.54) is 61.9 Å². The molecule has 11 heteroatoms. The minimum atomic E-state index is -0.694. The van der Waals surface area contributed by atoms with Gasteiger partial charge in [-0.1, -0.05) is 29.3 Å². The summed E-state index contributed by atoms with van der Waals surface area (Å²) in [5, 5.41) is 15.2. The standard InChI is InChI=1S/C22H15Cl2N3O6/c1-32-20-9-13(12-25-26-21(28)14-3-2-4-16(10-14)27(30)31)5-8-19(20)33-22(29)17-7-6-15(23)11-18(17)24/h2-12H,1H3,(H,26,28). The van der Waals surface area contributed by atoms with Crippen LogP contribution >= 0.6 is 23.2 Å². The molecular weight excluding hydrogens is 473 g/mol. The number of nitro benzene ring substituents is 1. The fraction of sp³-hybridized carbons (Fsp3) is 0.0455. The third-order valence-corrected chi connectivity index (χ3v) is 4.79. The highest BCUT2D eigenvalue weighted by atomic mass is 35.5. The number of hydrazone groups is 1. The van der Waals surface area contributed by atoms with E-state index in [4.69, 9.17) is 32.7 Å². The minimum absolute atomic E-state index is 0.0852. The van der Waals surface area contributed by atoms with Crippen molar-refractivity contribution in [1.82, 2.24) is 5.43 Å². The van der Waals surface area contributed by atoms with Gasteiger partial charge in [0, 0.05) is 22.7 Å². The SMILES string of the molecule is COc1cc(C=NNC(=O)c2cccc([N+](=O)[O-])c2)ccc1OC(=O)c1ccc(Cl)cc1Cl. The van der Waals surface area contributed by atoms with Crippen molar-refractivity contribution in [3.05, 3.63) is 97.5 Å². The van der Waals surface area contributed by atoms with E-state index in [2.05, 4.69) is 10.5 Å². The van der Waals surface area contributed by atoms with Crippen LogP contribution in [-0.4, -0.2) is 30.1 Å². The molecule has 0 fully saturated rings. The summed E-state index contributed by atoms with van der Waals surface area (Å²) < 4.78 is 10.6. The molecule has 0 heterocycles. The first-order valence-corrected chi connectivity index (χ1v) is 9.97. The Morgan fingerprint density at radius 3 is 2.55 bits per heavy atom. The first-order chi connectivity index (χ1) is 15.8. The number of benzene rings is 3. The van der Waals surface area contributed by atoms with Crippen LogP contribution in [0.4, 0.5) is 5.69 Å². The lowest BCUT2D eigenvalue weighted by Gasteiger charge is -2.10. The number of nitrogens with zero attached hydrogens (tertiary/aromatic N) is 2. The van der Waals surface area contributed by atoms with Gasteiger partial charge in [-0.2, -0.15) is 5.10 Å². The highest BCUT2D eigenvalue weighted by molar-refractivity contribution is 6.36. The second kappa shape index (κ2) is 10.6. The molecule has 0 aromatic heterocycles. The Labute approximate surface area is 197 Å². The average Bonchev–Trinajstić information content (AvgIpc) is 2.79. The van der Waals surface area contributed by atoms with Crippen molar-refractivity contribution in [3.8, 4) is 11.5 Å². The maximum absolute atomic E-state index is 12.4. The molecule has 33 heavy (non-hydrogen) atoms. The van der Waals surface area contributed by atoms with Gasteiger partial charge in [0.05, 0.1) is 28.8 Å². The summed E-state index contributed by atoms with van der Waals surface area (Å²) in [5.74, 6) is -0.929. The van der Waals surface area contributed by atoms with Gasteiger partial charge < -0.3 is 9.47 Å². The van der Waals surface area contributed by atoms with Crippen LogP contribution in [0, 0.1) is 10.1 Å². The molecule has 0 saturated heterocycles. The molecule has 3 aromatic carbocycles. The molecule has 0 bridgehead atoms. The largest absolute Gasteiger partial charge is 0.493 e. The van der Waals surface area contributed by atoms with Crippen molar-refractivity contribution in [1.29, 1.82) is 0 Å². The number of hydrogen-bond donors (Lipinski definition) is 1. The summed E-state index contributed by atoms with van der Waals surface area (Å²) in [7, 11) is 1.40. The summed E-state index contributed by atoms with van der Waals surface area (Å²) in [5.41, 5.74) is 2.82. The Morgan fingerprint density at radius 1 is 1.06 bits per heavy atom. The third-order valence-electron chi connectivity index (χ3n) is 4.24. The summed E-state index contributed by atoms with van der Waals surface area (Å²) in [6.07, 6.45) is 1.33. The lowest BCUT2D eigenvalue weighted by Crippen LogP contribution is -2.17. The van der Waals surface area contributed by atoms with Crippen LogP contribution in [0.15, 0.2) is 65.8 Å². The van der Waals surface area contributed by atoms with E-state index in [-0.39, 0.29) is 33.3 Å². The van der Waals surface area contributed by atoms with Crippen molar-refractivity contribution >= 4 is 47.0 Å². The van der Waals surface area contributed by atoms with Crippen molar-refractivity contribution in [2.24, 2.45) is 5.10 Å². The first-order valence-electron chi connectivity index (χ1n) is 9.21. The maximum atomic E-state index is 12.4. The molecule has 1 N–H and O–H groups in total. The zero-order valence-electron chi connectivity index (χ0n) is 17.0. The van der Waals surface area contributed by atoms with Crippen LogP contribution < -0.4 is 14.9 Å². The molecule has 0 aliphatic rings. The Morgan fingerprint density at radius 2 is 1.85 bits per heavy atom. The predicted octanol–water partition coefficient (Wildman–Crippen LogP) is 4.89. The van der Waals surface area contributed by atoms with Crippen molar-refractivity contribution < 1.29 is 24.0 Å². The molecular formula is C22H15Cl2N3O6. The highest BCUT2D eigenvalue weighted by Gasteiger charge is 2.16. The number of hydrogen-bond acceptors (Lipinski definition) is 7. The number of rotatable bonds is 7. The number of amides is 1.